The second kappa shape index (κ2) is 3.09. The summed E-state index contributed by atoms with van der Waals surface area (Å²) in [4.78, 5) is 9.97. The van der Waals surface area contributed by atoms with Crippen molar-refractivity contribution in [1.82, 2.24) is 0 Å². The maximum atomic E-state index is 12.5. The van der Waals surface area contributed by atoms with E-state index in [0.29, 0.717) is 5.69 Å². The highest BCUT2D eigenvalue weighted by Crippen LogP contribution is 2.13. The Morgan fingerprint density at radius 3 is 2.82 bits per heavy atom. The van der Waals surface area contributed by atoms with Gasteiger partial charge in [0.2, 0.25) is 0 Å². The monoisotopic (exact) mass is 154 g/mol. The van der Waals surface area contributed by atoms with Gasteiger partial charge in [0.15, 0.2) is 0 Å². The van der Waals surface area contributed by atoms with Crippen molar-refractivity contribution < 1.29 is 4.39 Å². The van der Waals surface area contributed by atoms with Crippen LogP contribution >= 0.6 is 0 Å². The predicted octanol–water partition coefficient (Wildman–Crippen LogP) is 1.94. The SMILES string of the molecule is CN(N=O)c1cccc(F)c1. The molecule has 0 spiro atoms. The molecule has 0 saturated heterocycles. The van der Waals surface area contributed by atoms with Gasteiger partial charge in [-0.15, -0.1) is 4.91 Å². The molecule has 0 amide bonds. The van der Waals surface area contributed by atoms with Crippen molar-refractivity contribution in [3.8, 4) is 0 Å². The van der Waals surface area contributed by atoms with E-state index in [1.54, 1.807) is 6.07 Å². The first-order valence-corrected chi connectivity index (χ1v) is 3.06. The summed E-state index contributed by atoms with van der Waals surface area (Å²) in [6.07, 6.45) is 0. The molecular weight excluding hydrogens is 147 g/mol. The Hall–Kier alpha value is -1.45. The molecule has 0 saturated carbocycles. The van der Waals surface area contributed by atoms with Crippen molar-refractivity contribution in [2.75, 3.05) is 12.1 Å². The Morgan fingerprint density at radius 2 is 2.27 bits per heavy atom. The zero-order chi connectivity index (χ0) is 8.27. The van der Waals surface area contributed by atoms with Gasteiger partial charge in [-0.25, -0.2) is 9.40 Å². The highest BCUT2D eigenvalue weighted by molar-refractivity contribution is 5.44. The standard InChI is InChI=1S/C7H7FN2O/c1-10(9-11)7-4-2-3-6(8)5-7/h2-5H,1H3. The molecule has 1 aromatic carbocycles. The topological polar surface area (TPSA) is 32.7 Å². The summed E-state index contributed by atoms with van der Waals surface area (Å²) in [5.41, 5.74) is 0.444. The summed E-state index contributed by atoms with van der Waals surface area (Å²) in [6.45, 7) is 0. The molecule has 0 unspecified atom stereocenters. The summed E-state index contributed by atoms with van der Waals surface area (Å²) in [7, 11) is 1.46. The van der Waals surface area contributed by atoms with E-state index in [-0.39, 0.29) is 5.82 Å². The Labute approximate surface area is 63.4 Å². The number of hydrogen-bond acceptors (Lipinski definition) is 2. The van der Waals surface area contributed by atoms with Crippen molar-refractivity contribution >= 4 is 5.69 Å². The quantitative estimate of drug-likeness (QED) is 0.481. The molecule has 0 aromatic heterocycles. The summed E-state index contributed by atoms with van der Waals surface area (Å²) >= 11 is 0. The van der Waals surface area contributed by atoms with Crippen LogP contribution in [0.2, 0.25) is 0 Å². The zero-order valence-electron chi connectivity index (χ0n) is 5.99. The van der Waals surface area contributed by atoms with E-state index in [1.807, 2.05) is 0 Å². The molecule has 0 fully saturated rings. The Kier molecular flexibility index (Phi) is 2.15. The molecule has 1 aromatic rings. The number of anilines is 1. The third-order valence-corrected chi connectivity index (χ3v) is 1.30. The van der Waals surface area contributed by atoms with Crippen molar-refractivity contribution in [3.05, 3.63) is 35.0 Å². The Balaban J connectivity index is 2.95. The first-order chi connectivity index (χ1) is 5.24. The first kappa shape index (κ1) is 7.65. The molecule has 0 atom stereocenters. The number of nitroso groups, excluding NO2 is 1. The molecular formula is C7H7FN2O. The van der Waals surface area contributed by atoms with E-state index >= 15 is 0 Å². The number of benzene rings is 1. The van der Waals surface area contributed by atoms with Gasteiger partial charge in [0.25, 0.3) is 0 Å². The second-order valence-corrected chi connectivity index (χ2v) is 2.09. The van der Waals surface area contributed by atoms with Crippen molar-refractivity contribution in [1.29, 1.82) is 0 Å². The van der Waals surface area contributed by atoms with Gasteiger partial charge in [0.05, 0.1) is 11.0 Å². The molecule has 58 valence electrons. The average molecular weight is 154 g/mol. The molecule has 0 radical (unpaired) electrons. The molecule has 0 aliphatic carbocycles. The minimum Gasteiger partial charge on any atom is -0.232 e. The zero-order valence-corrected chi connectivity index (χ0v) is 5.99. The molecule has 0 bridgehead atoms. The van der Waals surface area contributed by atoms with Gasteiger partial charge in [0.1, 0.15) is 5.82 Å². The summed E-state index contributed by atoms with van der Waals surface area (Å²) < 4.78 is 12.5. The van der Waals surface area contributed by atoms with Gasteiger partial charge in [-0.3, -0.25) is 0 Å². The van der Waals surface area contributed by atoms with Crippen LogP contribution in [0.15, 0.2) is 29.6 Å². The van der Waals surface area contributed by atoms with Crippen molar-refractivity contribution in [2.45, 2.75) is 0 Å². The van der Waals surface area contributed by atoms with Gasteiger partial charge in [-0.05, 0) is 18.2 Å². The van der Waals surface area contributed by atoms with Crippen LogP contribution in [0.3, 0.4) is 0 Å². The lowest BCUT2D eigenvalue weighted by Gasteiger charge is -2.06. The normalized spacial score (nSPS) is 9.27. The van der Waals surface area contributed by atoms with Crippen LogP contribution in [0, 0.1) is 10.7 Å². The molecule has 0 heterocycles. The van der Waals surface area contributed by atoms with E-state index in [1.165, 1.54) is 25.2 Å². The maximum Gasteiger partial charge on any atom is 0.125 e. The van der Waals surface area contributed by atoms with E-state index in [9.17, 15) is 9.30 Å². The van der Waals surface area contributed by atoms with Gasteiger partial charge in [0, 0.05) is 7.05 Å². The fourth-order valence-electron chi connectivity index (χ4n) is 0.725. The van der Waals surface area contributed by atoms with Gasteiger partial charge >= 0.3 is 0 Å². The summed E-state index contributed by atoms with van der Waals surface area (Å²) in [5, 5.41) is 3.68. The summed E-state index contributed by atoms with van der Waals surface area (Å²) in [5.74, 6) is -0.377. The number of hydrogen-bond donors (Lipinski definition) is 0. The van der Waals surface area contributed by atoms with Crippen LogP contribution in [0.4, 0.5) is 10.1 Å². The van der Waals surface area contributed by atoms with E-state index in [4.69, 9.17) is 0 Å². The van der Waals surface area contributed by atoms with Gasteiger partial charge in [-0.1, -0.05) is 6.07 Å². The Bertz CT molecular complexity index is 264. The molecule has 11 heavy (non-hydrogen) atoms. The van der Waals surface area contributed by atoms with Crippen LogP contribution in [0.5, 0.6) is 0 Å². The molecule has 3 nitrogen and oxygen atoms in total. The maximum absolute atomic E-state index is 12.5. The third-order valence-electron chi connectivity index (χ3n) is 1.30. The van der Waals surface area contributed by atoms with Crippen LogP contribution in [-0.2, 0) is 0 Å². The minimum absolute atomic E-state index is 0.377. The Morgan fingerprint density at radius 1 is 1.55 bits per heavy atom. The number of halogens is 1. The van der Waals surface area contributed by atoms with Crippen molar-refractivity contribution in [2.24, 2.45) is 5.29 Å². The van der Waals surface area contributed by atoms with Gasteiger partial charge in [-0.2, -0.15) is 0 Å². The van der Waals surface area contributed by atoms with Crippen LogP contribution in [-0.4, -0.2) is 7.05 Å². The van der Waals surface area contributed by atoms with Crippen LogP contribution in [0.1, 0.15) is 0 Å². The molecule has 0 aliphatic heterocycles. The molecule has 0 N–H and O–H groups in total. The first-order valence-electron chi connectivity index (χ1n) is 3.06. The average Bonchev–Trinajstić information content (AvgIpc) is 2.03. The van der Waals surface area contributed by atoms with Crippen molar-refractivity contribution in [3.63, 3.8) is 0 Å². The smallest absolute Gasteiger partial charge is 0.125 e. The number of nitrogens with zero attached hydrogens (tertiary/aromatic N) is 2. The van der Waals surface area contributed by atoms with E-state index in [2.05, 4.69) is 5.29 Å². The third kappa shape index (κ3) is 1.73. The predicted molar refractivity (Wildman–Crippen MR) is 40.6 cm³/mol. The minimum atomic E-state index is -0.377. The van der Waals surface area contributed by atoms with Crippen LogP contribution < -0.4 is 5.01 Å². The second-order valence-electron chi connectivity index (χ2n) is 2.09. The number of rotatable bonds is 2. The lowest BCUT2D eigenvalue weighted by Crippen LogP contribution is -2.06. The fraction of sp³-hybridized carbons (Fsp3) is 0.143. The summed E-state index contributed by atoms with van der Waals surface area (Å²) in [6, 6.07) is 5.67. The van der Waals surface area contributed by atoms with E-state index in [0.717, 1.165) is 5.01 Å². The van der Waals surface area contributed by atoms with Crippen LogP contribution in [0.25, 0.3) is 0 Å². The highest BCUT2D eigenvalue weighted by atomic mass is 19.1. The lowest BCUT2D eigenvalue weighted by molar-refractivity contribution is 0.627. The van der Waals surface area contributed by atoms with E-state index < -0.39 is 0 Å². The largest absolute Gasteiger partial charge is 0.232 e. The molecule has 0 aliphatic rings. The highest BCUT2D eigenvalue weighted by Gasteiger charge is 1.99. The molecule has 4 heteroatoms. The lowest BCUT2D eigenvalue weighted by atomic mass is 10.3. The fourth-order valence-corrected chi connectivity index (χ4v) is 0.725. The molecule has 1 rings (SSSR count). The van der Waals surface area contributed by atoms with Gasteiger partial charge < -0.3 is 0 Å².